The third-order valence-electron chi connectivity index (χ3n) is 3.71. The Balaban J connectivity index is 2.00. The van der Waals surface area contributed by atoms with Crippen molar-refractivity contribution in [3.8, 4) is 11.5 Å². The maximum Gasteiger partial charge on any atom is 0.242 e. The number of aromatic nitrogens is 2. The molecular weight excluding hydrogens is 318 g/mol. The number of benzene rings is 1. The van der Waals surface area contributed by atoms with Crippen LogP contribution >= 0.6 is 0 Å². The summed E-state index contributed by atoms with van der Waals surface area (Å²) < 4.78 is 12.8. The van der Waals surface area contributed by atoms with Crippen molar-refractivity contribution in [1.29, 1.82) is 0 Å². The molecule has 1 amide bonds. The Bertz CT molecular complexity index is 710. The Kier molecular flexibility index (Phi) is 6.44. The highest BCUT2D eigenvalue weighted by Crippen LogP contribution is 2.30. The van der Waals surface area contributed by atoms with Gasteiger partial charge in [0, 0.05) is 6.20 Å². The van der Waals surface area contributed by atoms with Crippen LogP contribution in [0.5, 0.6) is 11.5 Å². The van der Waals surface area contributed by atoms with E-state index in [1.165, 1.54) is 0 Å². The molecule has 1 N–H and O–H groups in total. The fourth-order valence-electron chi connectivity index (χ4n) is 2.40. The van der Waals surface area contributed by atoms with E-state index in [1.54, 1.807) is 18.0 Å². The molecule has 0 radical (unpaired) electrons. The zero-order valence-electron chi connectivity index (χ0n) is 15.6. The molecule has 1 heterocycles. The van der Waals surface area contributed by atoms with Gasteiger partial charge in [-0.2, -0.15) is 5.10 Å². The Morgan fingerprint density at radius 1 is 1.28 bits per heavy atom. The summed E-state index contributed by atoms with van der Waals surface area (Å²) in [5.41, 5.74) is 1.99. The SMILES string of the molecule is COc1cc(C(C)NC(=O)Cn2cc(C)cn2)ccc1OCC(C)C. The molecular formula is C19H27N3O3. The van der Waals surface area contributed by atoms with Crippen molar-refractivity contribution < 1.29 is 14.3 Å². The summed E-state index contributed by atoms with van der Waals surface area (Å²) >= 11 is 0. The monoisotopic (exact) mass is 345 g/mol. The maximum absolute atomic E-state index is 12.2. The molecule has 0 aliphatic rings. The molecule has 1 atom stereocenters. The van der Waals surface area contributed by atoms with Crippen LogP contribution < -0.4 is 14.8 Å². The van der Waals surface area contributed by atoms with Crippen molar-refractivity contribution in [3.05, 3.63) is 41.7 Å². The number of carbonyl (C=O) groups excluding carboxylic acids is 1. The van der Waals surface area contributed by atoms with Gasteiger partial charge in [-0.3, -0.25) is 9.48 Å². The molecule has 1 unspecified atom stereocenters. The number of ether oxygens (including phenoxy) is 2. The van der Waals surface area contributed by atoms with Crippen molar-refractivity contribution in [1.82, 2.24) is 15.1 Å². The highest BCUT2D eigenvalue weighted by molar-refractivity contribution is 5.76. The van der Waals surface area contributed by atoms with Crippen LogP contribution in [0.15, 0.2) is 30.6 Å². The standard InChI is InChI=1S/C19H27N3O3/c1-13(2)12-25-17-7-6-16(8-18(17)24-5)15(4)21-19(23)11-22-10-14(3)9-20-22/h6-10,13,15H,11-12H2,1-5H3,(H,21,23). The third-order valence-corrected chi connectivity index (χ3v) is 3.71. The number of rotatable bonds is 8. The number of methoxy groups -OCH3 is 1. The van der Waals surface area contributed by atoms with Crippen LogP contribution in [0, 0.1) is 12.8 Å². The van der Waals surface area contributed by atoms with E-state index in [-0.39, 0.29) is 18.5 Å². The van der Waals surface area contributed by atoms with Crippen molar-refractivity contribution in [2.45, 2.75) is 40.3 Å². The number of hydrogen-bond donors (Lipinski definition) is 1. The first-order chi connectivity index (χ1) is 11.9. The van der Waals surface area contributed by atoms with Crippen LogP contribution in [0.2, 0.25) is 0 Å². The van der Waals surface area contributed by atoms with E-state index in [2.05, 4.69) is 24.3 Å². The van der Waals surface area contributed by atoms with E-state index in [0.717, 1.165) is 11.1 Å². The van der Waals surface area contributed by atoms with Crippen molar-refractivity contribution in [2.75, 3.05) is 13.7 Å². The van der Waals surface area contributed by atoms with Crippen LogP contribution in [-0.4, -0.2) is 29.4 Å². The van der Waals surface area contributed by atoms with Crippen LogP contribution in [0.1, 0.15) is 37.9 Å². The van der Waals surface area contributed by atoms with E-state index in [4.69, 9.17) is 9.47 Å². The molecule has 0 aliphatic heterocycles. The molecule has 1 aromatic heterocycles. The van der Waals surface area contributed by atoms with Gasteiger partial charge in [0.2, 0.25) is 5.91 Å². The highest BCUT2D eigenvalue weighted by Gasteiger charge is 2.14. The predicted octanol–water partition coefficient (Wildman–Crippen LogP) is 3.11. The van der Waals surface area contributed by atoms with Gasteiger partial charge in [-0.05, 0) is 43.0 Å². The first kappa shape index (κ1) is 18.8. The fraction of sp³-hybridized carbons (Fsp3) is 0.474. The summed E-state index contributed by atoms with van der Waals surface area (Å²) in [4.78, 5) is 12.2. The Morgan fingerprint density at radius 2 is 2.04 bits per heavy atom. The molecule has 6 nitrogen and oxygen atoms in total. The largest absolute Gasteiger partial charge is 0.493 e. The first-order valence-corrected chi connectivity index (χ1v) is 8.48. The van der Waals surface area contributed by atoms with Gasteiger partial charge in [0.1, 0.15) is 6.54 Å². The molecule has 0 saturated carbocycles. The first-order valence-electron chi connectivity index (χ1n) is 8.48. The number of hydrogen-bond acceptors (Lipinski definition) is 4. The number of nitrogens with zero attached hydrogens (tertiary/aromatic N) is 2. The van der Waals surface area contributed by atoms with E-state index in [9.17, 15) is 4.79 Å². The van der Waals surface area contributed by atoms with Gasteiger partial charge in [-0.1, -0.05) is 19.9 Å². The highest BCUT2D eigenvalue weighted by atomic mass is 16.5. The van der Waals surface area contributed by atoms with E-state index in [1.807, 2.05) is 38.2 Å². The quantitative estimate of drug-likeness (QED) is 0.798. The summed E-state index contributed by atoms with van der Waals surface area (Å²) in [6.45, 7) is 8.91. The Hall–Kier alpha value is -2.50. The summed E-state index contributed by atoms with van der Waals surface area (Å²) in [5, 5.41) is 7.11. The summed E-state index contributed by atoms with van der Waals surface area (Å²) in [5.74, 6) is 1.73. The average molecular weight is 345 g/mol. The minimum absolute atomic E-state index is 0.0882. The molecule has 0 saturated heterocycles. The summed E-state index contributed by atoms with van der Waals surface area (Å²) in [6.07, 6.45) is 3.57. The topological polar surface area (TPSA) is 65.4 Å². The molecule has 0 bridgehead atoms. The van der Waals surface area contributed by atoms with Crippen LogP contribution in [0.25, 0.3) is 0 Å². The van der Waals surface area contributed by atoms with Crippen molar-refractivity contribution in [2.24, 2.45) is 5.92 Å². The molecule has 0 fully saturated rings. The summed E-state index contributed by atoms with van der Waals surface area (Å²) in [7, 11) is 1.62. The number of amides is 1. The molecule has 136 valence electrons. The van der Waals surface area contributed by atoms with Gasteiger partial charge in [-0.15, -0.1) is 0 Å². The lowest BCUT2D eigenvalue weighted by molar-refractivity contribution is -0.122. The normalized spacial score (nSPS) is 12.1. The number of aryl methyl sites for hydroxylation is 1. The van der Waals surface area contributed by atoms with Gasteiger partial charge < -0.3 is 14.8 Å². The van der Waals surface area contributed by atoms with Crippen LogP contribution in [-0.2, 0) is 11.3 Å². The second-order valence-electron chi connectivity index (χ2n) is 6.62. The van der Waals surface area contributed by atoms with Crippen LogP contribution in [0.4, 0.5) is 0 Å². The van der Waals surface area contributed by atoms with Gasteiger partial charge in [0.05, 0.1) is 26.0 Å². The van der Waals surface area contributed by atoms with Crippen molar-refractivity contribution in [3.63, 3.8) is 0 Å². The number of nitrogens with one attached hydrogen (secondary N) is 1. The lowest BCUT2D eigenvalue weighted by Crippen LogP contribution is -2.30. The third kappa shape index (κ3) is 5.52. The van der Waals surface area contributed by atoms with Gasteiger partial charge in [0.15, 0.2) is 11.5 Å². The van der Waals surface area contributed by atoms with Crippen molar-refractivity contribution >= 4 is 5.91 Å². The molecule has 0 aliphatic carbocycles. The molecule has 6 heteroatoms. The Labute approximate surface area is 149 Å². The van der Waals surface area contributed by atoms with Gasteiger partial charge in [-0.25, -0.2) is 0 Å². The van der Waals surface area contributed by atoms with Gasteiger partial charge >= 0.3 is 0 Å². The predicted molar refractivity (Wildman–Crippen MR) is 96.8 cm³/mol. The summed E-state index contributed by atoms with van der Waals surface area (Å²) in [6, 6.07) is 5.59. The zero-order valence-corrected chi connectivity index (χ0v) is 15.6. The lowest BCUT2D eigenvalue weighted by Gasteiger charge is -2.18. The molecule has 1 aromatic carbocycles. The maximum atomic E-state index is 12.2. The van der Waals surface area contributed by atoms with Gasteiger partial charge in [0.25, 0.3) is 0 Å². The zero-order chi connectivity index (χ0) is 18.4. The van der Waals surface area contributed by atoms with E-state index in [0.29, 0.717) is 24.0 Å². The molecule has 25 heavy (non-hydrogen) atoms. The van der Waals surface area contributed by atoms with Crippen LogP contribution in [0.3, 0.4) is 0 Å². The number of carbonyl (C=O) groups is 1. The Morgan fingerprint density at radius 3 is 2.64 bits per heavy atom. The van der Waals surface area contributed by atoms with E-state index < -0.39 is 0 Å². The van der Waals surface area contributed by atoms with E-state index >= 15 is 0 Å². The lowest BCUT2D eigenvalue weighted by atomic mass is 10.1. The second-order valence-corrected chi connectivity index (χ2v) is 6.62. The minimum atomic E-state index is -0.141. The smallest absolute Gasteiger partial charge is 0.242 e. The average Bonchev–Trinajstić information content (AvgIpc) is 2.97. The molecule has 2 rings (SSSR count). The fourth-order valence-corrected chi connectivity index (χ4v) is 2.40. The minimum Gasteiger partial charge on any atom is -0.493 e. The molecule has 0 spiro atoms. The molecule has 2 aromatic rings. The second kappa shape index (κ2) is 8.55.